The summed E-state index contributed by atoms with van der Waals surface area (Å²) in [5.74, 6) is 0.272. The molecule has 2 unspecified atom stereocenters. The lowest BCUT2D eigenvalue weighted by Crippen LogP contribution is -2.37. The molecule has 0 radical (unpaired) electrons. The highest BCUT2D eigenvalue weighted by molar-refractivity contribution is 7.88. The molecule has 1 saturated carbocycles. The first-order valence-corrected chi connectivity index (χ1v) is 6.85. The molecule has 0 amide bonds. The average Bonchev–Trinajstić information content (AvgIpc) is 1.98. The molecule has 0 spiro atoms. The maximum Gasteiger partial charge on any atom is 0.208 e. The van der Waals surface area contributed by atoms with Crippen molar-refractivity contribution in [1.82, 2.24) is 4.72 Å². The molecule has 0 aromatic carbocycles. The topological polar surface area (TPSA) is 66.4 Å². The minimum absolute atomic E-state index is 0.272. The van der Waals surface area contributed by atoms with Crippen LogP contribution in [0.15, 0.2) is 0 Å². The minimum Gasteiger partial charge on any atom is -0.390 e. The average molecular weight is 221 g/mol. The lowest BCUT2D eigenvalue weighted by atomic mass is 9.79. The molecule has 2 atom stereocenters. The SMILES string of the molecule is CC1(O)CCCC(CNS(C)(=O)=O)C1. The first-order chi connectivity index (χ1) is 6.29. The van der Waals surface area contributed by atoms with Crippen molar-refractivity contribution in [1.29, 1.82) is 0 Å². The van der Waals surface area contributed by atoms with Gasteiger partial charge in [-0.25, -0.2) is 13.1 Å². The first-order valence-electron chi connectivity index (χ1n) is 4.95. The molecule has 1 fully saturated rings. The molecule has 1 aliphatic carbocycles. The van der Waals surface area contributed by atoms with Crippen LogP contribution in [0.5, 0.6) is 0 Å². The number of rotatable bonds is 3. The van der Waals surface area contributed by atoms with Crippen LogP contribution in [0.4, 0.5) is 0 Å². The van der Waals surface area contributed by atoms with Gasteiger partial charge in [-0.1, -0.05) is 6.42 Å². The zero-order chi connectivity index (χ0) is 10.8. The van der Waals surface area contributed by atoms with E-state index >= 15 is 0 Å². The van der Waals surface area contributed by atoms with Crippen molar-refractivity contribution in [2.75, 3.05) is 12.8 Å². The highest BCUT2D eigenvalue weighted by Gasteiger charge is 2.29. The molecular formula is C9H19NO3S. The Morgan fingerprint density at radius 1 is 1.57 bits per heavy atom. The summed E-state index contributed by atoms with van der Waals surface area (Å²) in [7, 11) is -3.09. The van der Waals surface area contributed by atoms with Crippen LogP contribution < -0.4 is 4.72 Å². The Morgan fingerprint density at radius 2 is 2.21 bits per heavy atom. The molecule has 84 valence electrons. The van der Waals surface area contributed by atoms with E-state index in [1.165, 1.54) is 0 Å². The van der Waals surface area contributed by atoms with E-state index < -0.39 is 15.6 Å². The fraction of sp³-hybridized carbons (Fsp3) is 1.00. The Morgan fingerprint density at radius 3 is 2.71 bits per heavy atom. The molecule has 0 aliphatic heterocycles. The van der Waals surface area contributed by atoms with E-state index in [4.69, 9.17) is 0 Å². The van der Waals surface area contributed by atoms with Gasteiger partial charge in [0.2, 0.25) is 10.0 Å². The second-order valence-corrected chi connectivity index (χ2v) is 6.41. The van der Waals surface area contributed by atoms with Crippen LogP contribution in [0.25, 0.3) is 0 Å². The Kier molecular flexibility index (Phi) is 3.55. The fourth-order valence-corrected chi connectivity index (χ4v) is 2.58. The fourth-order valence-electron chi connectivity index (χ4n) is 2.04. The van der Waals surface area contributed by atoms with Crippen LogP contribution in [-0.4, -0.2) is 31.9 Å². The third-order valence-electron chi connectivity index (χ3n) is 2.69. The quantitative estimate of drug-likeness (QED) is 0.728. The van der Waals surface area contributed by atoms with Crippen molar-refractivity contribution >= 4 is 10.0 Å². The number of sulfonamides is 1. The smallest absolute Gasteiger partial charge is 0.208 e. The molecule has 2 N–H and O–H groups in total. The number of hydrogen-bond acceptors (Lipinski definition) is 3. The molecule has 0 aromatic heterocycles. The standard InChI is InChI=1S/C9H19NO3S/c1-9(11)5-3-4-8(6-9)7-10-14(2,12)13/h8,10-11H,3-7H2,1-2H3. The van der Waals surface area contributed by atoms with Gasteiger partial charge in [0.15, 0.2) is 0 Å². The highest BCUT2D eigenvalue weighted by atomic mass is 32.2. The Bertz CT molecular complexity index is 284. The van der Waals surface area contributed by atoms with E-state index in [2.05, 4.69) is 4.72 Å². The lowest BCUT2D eigenvalue weighted by molar-refractivity contribution is 0.00218. The number of hydrogen-bond donors (Lipinski definition) is 2. The van der Waals surface area contributed by atoms with E-state index in [0.717, 1.165) is 25.5 Å². The van der Waals surface area contributed by atoms with Crippen molar-refractivity contribution in [3.05, 3.63) is 0 Å². The Balaban J connectivity index is 2.39. The van der Waals surface area contributed by atoms with Gasteiger partial charge in [0.25, 0.3) is 0 Å². The first kappa shape index (κ1) is 11.9. The van der Waals surface area contributed by atoms with Gasteiger partial charge in [0, 0.05) is 6.54 Å². The maximum absolute atomic E-state index is 10.9. The van der Waals surface area contributed by atoms with Crippen molar-refractivity contribution < 1.29 is 13.5 Å². The largest absolute Gasteiger partial charge is 0.390 e. The van der Waals surface area contributed by atoms with Crippen LogP contribution in [0.3, 0.4) is 0 Å². The second-order valence-electron chi connectivity index (χ2n) is 4.58. The number of nitrogens with one attached hydrogen (secondary N) is 1. The summed E-state index contributed by atoms with van der Waals surface area (Å²) in [6.07, 6.45) is 4.65. The summed E-state index contributed by atoms with van der Waals surface area (Å²) < 4.78 is 24.2. The molecule has 4 nitrogen and oxygen atoms in total. The summed E-state index contributed by atoms with van der Waals surface area (Å²) in [6, 6.07) is 0. The third-order valence-corrected chi connectivity index (χ3v) is 3.38. The summed E-state index contributed by atoms with van der Waals surface area (Å²) >= 11 is 0. The third kappa shape index (κ3) is 4.39. The van der Waals surface area contributed by atoms with Crippen molar-refractivity contribution in [3.8, 4) is 0 Å². The zero-order valence-corrected chi connectivity index (χ0v) is 9.60. The van der Waals surface area contributed by atoms with E-state index in [1.54, 1.807) is 0 Å². The molecule has 5 heteroatoms. The summed E-state index contributed by atoms with van der Waals surface area (Å²) in [6.45, 7) is 2.27. The van der Waals surface area contributed by atoms with E-state index in [0.29, 0.717) is 13.0 Å². The molecule has 0 heterocycles. The van der Waals surface area contributed by atoms with E-state index in [9.17, 15) is 13.5 Å². The maximum atomic E-state index is 10.9. The minimum atomic E-state index is -3.09. The van der Waals surface area contributed by atoms with E-state index in [-0.39, 0.29) is 5.92 Å². The van der Waals surface area contributed by atoms with Crippen LogP contribution >= 0.6 is 0 Å². The van der Waals surface area contributed by atoms with Crippen molar-refractivity contribution in [2.45, 2.75) is 38.2 Å². The van der Waals surface area contributed by atoms with Gasteiger partial charge in [-0.05, 0) is 32.1 Å². The van der Waals surface area contributed by atoms with E-state index in [1.807, 2.05) is 6.92 Å². The van der Waals surface area contributed by atoms with Gasteiger partial charge in [-0.15, -0.1) is 0 Å². The second kappa shape index (κ2) is 4.16. The molecule has 0 saturated heterocycles. The molecule has 1 rings (SSSR count). The summed E-state index contributed by atoms with van der Waals surface area (Å²) in [4.78, 5) is 0. The molecule has 14 heavy (non-hydrogen) atoms. The van der Waals surface area contributed by atoms with Crippen LogP contribution in [0, 0.1) is 5.92 Å². The molecule has 0 aromatic rings. The van der Waals surface area contributed by atoms with Crippen molar-refractivity contribution in [3.63, 3.8) is 0 Å². The Labute approximate surface area is 85.8 Å². The molecule has 0 bridgehead atoms. The molecule has 1 aliphatic rings. The van der Waals surface area contributed by atoms with Gasteiger partial charge in [-0.2, -0.15) is 0 Å². The van der Waals surface area contributed by atoms with Crippen LogP contribution in [0.1, 0.15) is 32.6 Å². The lowest BCUT2D eigenvalue weighted by Gasteiger charge is -2.33. The van der Waals surface area contributed by atoms with Gasteiger partial charge in [0.05, 0.1) is 11.9 Å². The Hall–Kier alpha value is -0.130. The predicted molar refractivity (Wildman–Crippen MR) is 55.4 cm³/mol. The summed E-state index contributed by atoms with van der Waals surface area (Å²) in [5.41, 5.74) is -0.609. The zero-order valence-electron chi connectivity index (χ0n) is 8.78. The van der Waals surface area contributed by atoms with Gasteiger partial charge in [-0.3, -0.25) is 0 Å². The highest BCUT2D eigenvalue weighted by Crippen LogP contribution is 2.31. The predicted octanol–water partition coefficient (Wildman–Crippen LogP) is 0.477. The van der Waals surface area contributed by atoms with Crippen molar-refractivity contribution in [2.24, 2.45) is 5.92 Å². The van der Waals surface area contributed by atoms with Crippen LogP contribution in [-0.2, 0) is 10.0 Å². The number of aliphatic hydroxyl groups is 1. The van der Waals surface area contributed by atoms with Gasteiger partial charge >= 0.3 is 0 Å². The van der Waals surface area contributed by atoms with Gasteiger partial charge in [0.1, 0.15) is 0 Å². The normalized spacial score (nSPS) is 34.4. The summed E-state index contributed by atoms with van der Waals surface area (Å²) in [5, 5.41) is 9.80. The van der Waals surface area contributed by atoms with Gasteiger partial charge < -0.3 is 5.11 Å². The molecular weight excluding hydrogens is 202 g/mol. The monoisotopic (exact) mass is 221 g/mol. The van der Waals surface area contributed by atoms with Crippen LogP contribution in [0.2, 0.25) is 0 Å².